The number of ether oxygens (including phenoxy) is 2. The summed E-state index contributed by atoms with van der Waals surface area (Å²) in [5.41, 5.74) is 3.75. The summed E-state index contributed by atoms with van der Waals surface area (Å²) in [6.45, 7) is 7.02. The van der Waals surface area contributed by atoms with Crippen molar-refractivity contribution in [3.63, 3.8) is 0 Å². The molecule has 5 aromatic carbocycles. The lowest BCUT2D eigenvalue weighted by atomic mass is 10.0. The lowest BCUT2D eigenvalue weighted by molar-refractivity contribution is -0.0000106. The van der Waals surface area contributed by atoms with Crippen molar-refractivity contribution in [3.8, 4) is 22.6 Å². The summed E-state index contributed by atoms with van der Waals surface area (Å²) in [6, 6.07) is 47.3. The molecule has 0 radical (unpaired) electrons. The number of unbranched alkanes of at least 4 members (excludes halogenated alkanes) is 6. The van der Waals surface area contributed by atoms with Crippen molar-refractivity contribution in [1.82, 2.24) is 0 Å². The highest BCUT2D eigenvalue weighted by Gasteiger charge is 2.41. The zero-order valence-electron chi connectivity index (χ0n) is 30.7. The molecule has 1 unspecified atom stereocenters. The molecule has 0 saturated carbocycles. The molecule has 0 aliphatic heterocycles. The number of hydrogen-bond acceptors (Lipinski definition) is 2. The highest BCUT2D eigenvalue weighted by molar-refractivity contribution is 7.95. The van der Waals surface area contributed by atoms with Gasteiger partial charge < -0.3 is 26.5 Å². The second-order valence-corrected chi connectivity index (χ2v) is 16.5. The SMILES string of the molecule is CCCCCCCCCC(C)C=Cc1ccc(OC)cc1.COc1ccc(-c2ccccc2[P+](C)(c2ccccc2)c2ccccc2)cc1.[Br-]. The van der Waals surface area contributed by atoms with Crippen molar-refractivity contribution in [2.45, 2.75) is 65.2 Å². The monoisotopic (exact) mass is 750 g/mol. The Morgan fingerprint density at radius 1 is 0.580 bits per heavy atom. The zero-order valence-corrected chi connectivity index (χ0v) is 33.2. The first-order valence-corrected chi connectivity index (χ1v) is 20.3. The molecule has 5 rings (SSSR count). The van der Waals surface area contributed by atoms with Gasteiger partial charge in [0.25, 0.3) is 0 Å². The van der Waals surface area contributed by atoms with Crippen LogP contribution in [0.1, 0.15) is 70.8 Å². The number of rotatable bonds is 16. The Morgan fingerprint density at radius 2 is 1.06 bits per heavy atom. The molecule has 50 heavy (non-hydrogen) atoms. The molecule has 264 valence electrons. The smallest absolute Gasteiger partial charge is 0.118 e. The van der Waals surface area contributed by atoms with E-state index in [0.717, 1.165) is 11.5 Å². The summed E-state index contributed by atoms with van der Waals surface area (Å²) in [4.78, 5) is 0. The van der Waals surface area contributed by atoms with Crippen LogP contribution in [0.15, 0.2) is 140 Å². The fourth-order valence-electron chi connectivity index (χ4n) is 6.27. The van der Waals surface area contributed by atoms with Crippen molar-refractivity contribution in [2.24, 2.45) is 5.92 Å². The van der Waals surface area contributed by atoms with E-state index in [0.29, 0.717) is 5.92 Å². The molecule has 2 nitrogen and oxygen atoms in total. The average molecular weight is 752 g/mol. The molecule has 0 heterocycles. The Balaban J connectivity index is 0.000000277. The van der Waals surface area contributed by atoms with Gasteiger partial charge in [0.2, 0.25) is 0 Å². The van der Waals surface area contributed by atoms with E-state index in [-0.39, 0.29) is 17.0 Å². The molecule has 0 aromatic heterocycles. The molecule has 0 spiro atoms. The van der Waals surface area contributed by atoms with E-state index < -0.39 is 7.26 Å². The molecule has 0 amide bonds. The first-order chi connectivity index (χ1) is 24.0. The van der Waals surface area contributed by atoms with Crippen LogP contribution in [0.5, 0.6) is 11.5 Å². The number of halogens is 1. The van der Waals surface area contributed by atoms with Gasteiger partial charge in [-0.3, -0.25) is 0 Å². The number of benzene rings is 5. The third kappa shape index (κ3) is 12.0. The second kappa shape index (κ2) is 22.2. The third-order valence-electron chi connectivity index (χ3n) is 9.33. The van der Waals surface area contributed by atoms with Crippen molar-refractivity contribution in [2.75, 3.05) is 20.9 Å². The highest BCUT2D eigenvalue weighted by Crippen LogP contribution is 2.53. The van der Waals surface area contributed by atoms with Crippen LogP contribution in [0.2, 0.25) is 0 Å². The normalized spacial score (nSPS) is 11.6. The summed E-state index contributed by atoms with van der Waals surface area (Å²) in [6.07, 6.45) is 15.6. The summed E-state index contributed by atoms with van der Waals surface area (Å²) in [5, 5.41) is 4.18. The molecular weight excluding hydrogens is 695 g/mol. The van der Waals surface area contributed by atoms with E-state index >= 15 is 0 Å². The molecule has 0 N–H and O–H groups in total. The van der Waals surface area contributed by atoms with E-state index in [1.807, 2.05) is 24.3 Å². The Morgan fingerprint density at radius 3 is 1.60 bits per heavy atom. The van der Waals surface area contributed by atoms with Gasteiger partial charge in [-0.25, -0.2) is 0 Å². The van der Waals surface area contributed by atoms with E-state index in [2.05, 4.69) is 142 Å². The number of allylic oxidation sites excluding steroid dienone is 1. The van der Waals surface area contributed by atoms with E-state index in [4.69, 9.17) is 9.47 Å². The molecule has 1 atom stereocenters. The molecule has 5 aromatic rings. The van der Waals surface area contributed by atoms with Crippen LogP contribution in [0.3, 0.4) is 0 Å². The molecule has 0 saturated heterocycles. The Labute approximate surface area is 314 Å². The minimum atomic E-state index is -1.78. The van der Waals surface area contributed by atoms with Crippen LogP contribution in [-0.2, 0) is 0 Å². The summed E-state index contributed by atoms with van der Waals surface area (Å²) in [5.74, 6) is 2.47. The minimum Gasteiger partial charge on any atom is -1.00 e. The molecular formula is C46H56BrO2P. The van der Waals surface area contributed by atoms with Gasteiger partial charge in [0.05, 0.1) is 20.9 Å². The van der Waals surface area contributed by atoms with Gasteiger partial charge in [-0.2, -0.15) is 0 Å². The first-order valence-electron chi connectivity index (χ1n) is 18.0. The van der Waals surface area contributed by atoms with Crippen LogP contribution in [0.4, 0.5) is 0 Å². The summed E-state index contributed by atoms with van der Waals surface area (Å²) < 4.78 is 10.5. The topological polar surface area (TPSA) is 18.5 Å². The Kier molecular flexibility index (Phi) is 18.1. The lowest BCUT2D eigenvalue weighted by Crippen LogP contribution is -3.00. The van der Waals surface area contributed by atoms with Crippen LogP contribution in [0, 0.1) is 5.92 Å². The van der Waals surface area contributed by atoms with Gasteiger partial charge in [-0.1, -0.05) is 150 Å². The minimum absolute atomic E-state index is 0. The number of methoxy groups -OCH3 is 2. The summed E-state index contributed by atoms with van der Waals surface area (Å²) in [7, 11) is 1.63. The van der Waals surface area contributed by atoms with E-state index in [9.17, 15) is 0 Å². The quantitative estimate of drug-likeness (QED) is 0.0742. The third-order valence-corrected chi connectivity index (χ3v) is 13.3. The molecule has 0 aliphatic carbocycles. The van der Waals surface area contributed by atoms with Gasteiger partial charge in [0.1, 0.15) is 34.7 Å². The number of hydrogen-bond donors (Lipinski definition) is 0. The van der Waals surface area contributed by atoms with E-state index in [1.54, 1.807) is 14.2 Å². The Bertz CT molecular complexity index is 1610. The van der Waals surface area contributed by atoms with E-state index in [1.165, 1.54) is 84.0 Å². The molecule has 0 bridgehead atoms. The zero-order chi connectivity index (χ0) is 34.7. The van der Waals surface area contributed by atoms with Crippen molar-refractivity contribution in [1.29, 1.82) is 0 Å². The standard InChI is InChI=1S/C26H24OP.C20H32O.BrH/c1-27-22-19-17-21(18-20-22)25-15-9-10-16-26(25)28(2,23-11-5-3-6-12-23)24-13-7-4-8-14-24;1-4-5-6-7-8-9-10-11-18(2)12-13-19-14-16-20(21-3)17-15-19;/h3-20H,1-2H3;12-18H,4-11H2,1-3H3;1H/q+1;;/p-1. The fourth-order valence-corrected chi connectivity index (χ4v) is 9.73. The molecule has 0 aliphatic rings. The summed E-state index contributed by atoms with van der Waals surface area (Å²) >= 11 is 0. The van der Waals surface area contributed by atoms with Crippen molar-refractivity contribution >= 4 is 29.3 Å². The van der Waals surface area contributed by atoms with Gasteiger partial charge in [-0.05, 0) is 78.1 Å². The predicted molar refractivity (Wildman–Crippen MR) is 217 cm³/mol. The largest absolute Gasteiger partial charge is 1.00 e. The maximum atomic E-state index is 5.35. The maximum Gasteiger partial charge on any atom is 0.118 e. The molecule has 0 fully saturated rings. The van der Waals surface area contributed by atoms with Crippen LogP contribution < -0.4 is 42.4 Å². The average Bonchev–Trinajstić information content (AvgIpc) is 3.17. The molecule has 4 heteroatoms. The van der Waals surface area contributed by atoms with Crippen LogP contribution in [0.25, 0.3) is 17.2 Å². The predicted octanol–water partition coefficient (Wildman–Crippen LogP) is 8.78. The van der Waals surface area contributed by atoms with Crippen LogP contribution in [-0.4, -0.2) is 20.9 Å². The van der Waals surface area contributed by atoms with Gasteiger partial charge in [-0.15, -0.1) is 0 Å². The van der Waals surface area contributed by atoms with Gasteiger partial charge in [0, 0.05) is 5.56 Å². The van der Waals surface area contributed by atoms with Gasteiger partial charge in [0.15, 0.2) is 0 Å². The lowest BCUT2D eigenvalue weighted by Gasteiger charge is -2.25. The fraction of sp³-hybridized carbons (Fsp3) is 0.304. The first kappa shape index (κ1) is 40.8. The second-order valence-electron chi connectivity index (χ2n) is 12.9. The van der Waals surface area contributed by atoms with Gasteiger partial charge >= 0.3 is 0 Å². The highest BCUT2D eigenvalue weighted by atomic mass is 79.9. The Hall–Kier alpha value is -3.65. The van der Waals surface area contributed by atoms with Crippen molar-refractivity contribution in [3.05, 3.63) is 145 Å². The maximum absolute atomic E-state index is 5.35. The van der Waals surface area contributed by atoms with Crippen molar-refractivity contribution < 1.29 is 26.5 Å². The van der Waals surface area contributed by atoms with Crippen LogP contribution >= 0.6 is 7.26 Å².